The maximum absolute atomic E-state index is 13.0. The molecule has 0 aliphatic heterocycles. The molecule has 166 valence electrons. The van der Waals surface area contributed by atoms with E-state index in [1.807, 2.05) is 30.5 Å². The van der Waals surface area contributed by atoms with Gasteiger partial charge in [0.15, 0.2) is 4.96 Å². The van der Waals surface area contributed by atoms with E-state index in [0.717, 1.165) is 29.1 Å². The van der Waals surface area contributed by atoms with Gasteiger partial charge in [0.05, 0.1) is 37.6 Å². The molecule has 0 radical (unpaired) electrons. The molecule has 4 rings (SSSR count). The Morgan fingerprint density at radius 3 is 2.53 bits per heavy atom. The molecule has 10 heteroatoms. The Hall–Kier alpha value is -3.53. The van der Waals surface area contributed by atoms with Gasteiger partial charge in [-0.05, 0) is 42.5 Å². The summed E-state index contributed by atoms with van der Waals surface area (Å²) in [6.45, 7) is 0. The van der Waals surface area contributed by atoms with Crippen LogP contribution in [0.15, 0.2) is 54.0 Å². The van der Waals surface area contributed by atoms with Gasteiger partial charge in [-0.25, -0.2) is 4.98 Å². The van der Waals surface area contributed by atoms with Gasteiger partial charge >= 0.3 is 6.18 Å². The van der Waals surface area contributed by atoms with Crippen molar-refractivity contribution in [3.05, 3.63) is 65.3 Å². The number of rotatable bonds is 6. The van der Waals surface area contributed by atoms with Crippen molar-refractivity contribution < 1.29 is 27.4 Å². The van der Waals surface area contributed by atoms with E-state index < -0.39 is 17.6 Å². The van der Waals surface area contributed by atoms with Crippen molar-refractivity contribution in [3.8, 4) is 22.8 Å². The number of methoxy groups -OCH3 is 2. The third-order valence-corrected chi connectivity index (χ3v) is 5.70. The average Bonchev–Trinajstić information content (AvgIpc) is 3.35. The van der Waals surface area contributed by atoms with Gasteiger partial charge in [-0.2, -0.15) is 13.2 Å². The number of halogens is 3. The van der Waals surface area contributed by atoms with E-state index in [-0.39, 0.29) is 17.9 Å². The van der Waals surface area contributed by atoms with Crippen LogP contribution in [0.2, 0.25) is 0 Å². The van der Waals surface area contributed by atoms with E-state index in [1.54, 1.807) is 16.9 Å². The van der Waals surface area contributed by atoms with E-state index in [9.17, 15) is 18.0 Å². The fraction of sp³-hybridized carbons (Fsp3) is 0.182. The average molecular weight is 461 g/mol. The molecule has 1 N–H and O–H groups in total. The van der Waals surface area contributed by atoms with E-state index in [1.165, 1.54) is 24.5 Å². The van der Waals surface area contributed by atoms with Crippen LogP contribution in [-0.4, -0.2) is 29.5 Å². The van der Waals surface area contributed by atoms with E-state index in [2.05, 4.69) is 10.3 Å². The quantitative estimate of drug-likeness (QED) is 0.424. The molecule has 1 amide bonds. The standard InChI is InChI=1S/C22H18F3N3O3S/c1-30-16-6-3-13(4-7-16)18-11-28-15(12-32-21(28)27-18)10-20(29)26-17-9-14(22(23,24)25)5-8-19(17)31-2/h3-9,11-12H,10H2,1-2H3,(H,26,29). The molecule has 6 nitrogen and oxygen atoms in total. The first kappa shape index (κ1) is 21.7. The first-order chi connectivity index (χ1) is 15.3. The van der Waals surface area contributed by atoms with Crippen LogP contribution in [0.25, 0.3) is 16.2 Å². The van der Waals surface area contributed by atoms with E-state index in [0.29, 0.717) is 10.7 Å². The molecule has 0 bridgehead atoms. The summed E-state index contributed by atoms with van der Waals surface area (Å²) in [5.41, 5.74) is 1.39. The molecule has 4 aromatic rings. The number of nitrogens with one attached hydrogen (secondary N) is 1. The fourth-order valence-corrected chi connectivity index (χ4v) is 4.07. The monoisotopic (exact) mass is 461 g/mol. The third-order valence-electron chi connectivity index (χ3n) is 4.81. The summed E-state index contributed by atoms with van der Waals surface area (Å²) < 4.78 is 51.2. The van der Waals surface area contributed by atoms with Crippen molar-refractivity contribution in [1.82, 2.24) is 9.38 Å². The highest BCUT2D eigenvalue weighted by molar-refractivity contribution is 7.15. The number of benzene rings is 2. The summed E-state index contributed by atoms with van der Waals surface area (Å²) in [6.07, 6.45) is -2.75. The Morgan fingerprint density at radius 1 is 1.12 bits per heavy atom. The Balaban J connectivity index is 1.55. The molecule has 0 spiro atoms. The van der Waals surface area contributed by atoms with Gasteiger partial charge in [-0.15, -0.1) is 11.3 Å². The lowest BCUT2D eigenvalue weighted by Gasteiger charge is -2.13. The van der Waals surface area contributed by atoms with Gasteiger partial charge in [0, 0.05) is 22.8 Å². The Bertz CT molecular complexity index is 1260. The largest absolute Gasteiger partial charge is 0.497 e. The molecule has 0 saturated heterocycles. The number of thiazole rings is 1. The fourth-order valence-electron chi connectivity index (χ4n) is 3.20. The number of hydrogen-bond acceptors (Lipinski definition) is 5. The Labute approximate surface area is 185 Å². The van der Waals surface area contributed by atoms with E-state index >= 15 is 0 Å². The number of carbonyl (C=O) groups excluding carboxylic acids is 1. The van der Waals surface area contributed by atoms with Crippen LogP contribution in [0, 0.1) is 0 Å². The molecular weight excluding hydrogens is 443 g/mol. The predicted molar refractivity (Wildman–Crippen MR) is 115 cm³/mol. The first-order valence-electron chi connectivity index (χ1n) is 9.43. The third kappa shape index (κ3) is 4.40. The summed E-state index contributed by atoms with van der Waals surface area (Å²) in [6, 6.07) is 10.4. The van der Waals surface area contributed by atoms with Gasteiger partial charge in [0.1, 0.15) is 11.5 Å². The number of alkyl halides is 3. The number of carbonyl (C=O) groups is 1. The normalized spacial score (nSPS) is 11.5. The number of ether oxygens (including phenoxy) is 2. The summed E-state index contributed by atoms with van der Waals surface area (Å²) in [7, 11) is 2.92. The zero-order valence-electron chi connectivity index (χ0n) is 17.1. The van der Waals surface area contributed by atoms with E-state index in [4.69, 9.17) is 9.47 Å². The summed E-state index contributed by atoms with van der Waals surface area (Å²) in [5, 5.41) is 4.32. The van der Waals surface area contributed by atoms with Gasteiger partial charge in [0.25, 0.3) is 0 Å². The lowest BCUT2D eigenvalue weighted by Crippen LogP contribution is -2.16. The minimum Gasteiger partial charge on any atom is -0.497 e. The molecule has 0 unspecified atom stereocenters. The Morgan fingerprint density at radius 2 is 1.88 bits per heavy atom. The maximum Gasteiger partial charge on any atom is 0.416 e. The summed E-state index contributed by atoms with van der Waals surface area (Å²) >= 11 is 1.37. The molecule has 2 aromatic heterocycles. The summed E-state index contributed by atoms with van der Waals surface area (Å²) in [4.78, 5) is 17.9. The van der Waals surface area contributed by atoms with Gasteiger partial charge in [-0.3, -0.25) is 9.20 Å². The molecule has 0 aliphatic carbocycles. The van der Waals surface area contributed by atoms with Crippen LogP contribution < -0.4 is 14.8 Å². The smallest absolute Gasteiger partial charge is 0.416 e. The van der Waals surface area contributed by atoms with Crippen LogP contribution in [-0.2, 0) is 17.4 Å². The lowest BCUT2D eigenvalue weighted by molar-refractivity contribution is -0.137. The molecule has 32 heavy (non-hydrogen) atoms. The van der Waals surface area contributed by atoms with Crippen LogP contribution in [0.5, 0.6) is 11.5 Å². The van der Waals surface area contributed by atoms with Crippen LogP contribution in [0.4, 0.5) is 18.9 Å². The SMILES string of the molecule is COc1ccc(-c2cn3c(CC(=O)Nc4cc(C(F)(F)F)ccc4OC)csc3n2)cc1. The molecule has 0 saturated carbocycles. The number of imidazole rings is 1. The predicted octanol–water partition coefficient (Wildman–Crippen LogP) is 5.28. The highest BCUT2D eigenvalue weighted by Gasteiger charge is 2.31. The second kappa shape index (κ2) is 8.54. The van der Waals surface area contributed by atoms with Crippen molar-refractivity contribution in [3.63, 3.8) is 0 Å². The lowest BCUT2D eigenvalue weighted by atomic mass is 10.1. The first-order valence-corrected chi connectivity index (χ1v) is 10.3. The van der Waals surface area contributed by atoms with Crippen molar-refractivity contribution in [2.24, 2.45) is 0 Å². The number of anilines is 1. The van der Waals surface area contributed by atoms with Crippen LogP contribution in [0.3, 0.4) is 0 Å². The van der Waals surface area contributed by atoms with Crippen molar-refractivity contribution in [2.75, 3.05) is 19.5 Å². The maximum atomic E-state index is 13.0. The number of hydrogen-bond donors (Lipinski definition) is 1. The van der Waals surface area contributed by atoms with Gasteiger partial charge in [0.2, 0.25) is 5.91 Å². The molecule has 0 atom stereocenters. The number of amides is 1. The van der Waals surface area contributed by atoms with Crippen molar-refractivity contribution in [2.45, 2.75) is 12.6 Å². The van der Waals surface area contributed by atoms with Crippen LogP contribution in [0.1, 0.15) is 11.3 Å². The summed E-state index contributed by atoms with van der Waals surface area (Å²) in [5.74, 6) is 0.408. The number of aromatic nitrogens is 2. The zero-order chi connectivity index (χ0) is 22.9. The molecule has 0 fully saturated rings. The highest BCUT2D eigenvalue weighted by atomic mass is 32.1. The Kier molecular flexibility index (Phi) is 5.79. The van der Waals surface area contributed by atoms with Gasteiger partial charge < -0.3 is 14.8 Å². The molecule has 2 heterocycles. The minimum absolute atomic E-state index is 0.0386. The number of fused-ring (bicyclic) bond motifs is 1. The highest BCUT2D eigenvalue weighted by Crippen LogP contribution is 2.35. The molecule has 2 aromatic carbocycles. The second-order valence-electron chi connectivity index (χ2n) is 6.87. The van der Waals surface area contributed by atoms with Gasteiger partial charge in [-0.1, -0.05) is 0 Å². The minimum atomic E-state index is -4.53. The zero-order valence-corrected chi connectivity index (χ0v) is 17.9. The molecular formula is C22H18F3N3O3S. The van der Waals surface area contributed by atoms with Crippen molar-refractivity contribution >= 4 is 27.9 Å². The van der Waals surface area contributed by atoms with Crippen molar-refractivity contribution in [1.29, 1.82) is 0 Å². The second-order valence-corrected chi connectivity index (χ2v) is 7.71. The molecule has 0 aliphatic rings. The topological polar surface area (TPSA) is 64.9 Å². The number of nitrogens with zero attached hydrogens (tertiary/aromatic N) is 2. The van der Waals surface area contributed by atoms with Crippen LogP contribution >= 0.6 is 11.3 Å².